The van der Waals surface area contributed by atoms with E-state index in [0.717, 1.165) is 34.7 Å². The number of aromatic nitrogens is 4. The van der Waals surface area contributed by atoms with Crippen molar-refractivity contribution in [3.8, 4) is 22.6 Å². The van der Waals surface area contributed by atoms with Crippen LogP contribution in [0.15, 0.2) is 42.7 Å². The number of aromatic amines is 1. The van der Waals surface area contributed by atoms with E-state index in [1.54, 1.807) is 18.1 Å². The number of anilines is 2. The molecule has 3 aromatic rings. The molecule has 0 radical (unpaired) electrons. The molecule has 7 nitrogen and oxygen atoms in total. The summed E-state index contributed by atoms with van der Waals surface area (Å²) in [5, 5.41) is 7.34. The maximum Gasteiger partial charge on any atom is 0.249 e. The van der Waals surface area contributed by atoms with Crippen LogP contribution in [-0.2, 0) is 4.79 Å². The van der Waals surface area contributed by atoms with Crippen molar-refractivity contribution in [2.45, 2.75) is 39.3 Å². The van der Waals surface area contributed by atoms with Gasteiger partial charge in [-0.3, -0.25) is 9.89 Å². The first-order valence-electron chi connectivity index (χ1n) is 9.55. The molecule has 1 aliphatic heterocycles. The fourth-order valence-electron chi connectivity index (χ4n) is 3.78. The number of carbonyl (C=O) groups excluding carboxylic acids is 1. The van der Waals surface area contributed by atoms with Crippen LogP contribution in [0.3, 0.4) is 0 Å². The second kappa shape index (κ2) is 7.07. The number of rotatable bonds is 4. The minimum atomic E-state index is -0.224. The number of H-pyrrole nitrogens is 1. The number of hydrogen-bond donors (Lipinski definition) is 1. The summed E-state index contributed by atoms with van der Waals surface area (Å²) < 4.78 is 0. The molecule has 0 spiro atoms. The molecule has 3 heterocycles. The highest BCUT2D eigenvalue weighted by atomic mass is 16.2. The lowest BCUT2D eigenvalue weighted by Crippen LogP contribution is -2.54. The second-order valence-electron chi connectivity index (χ2n) is 7.24. The molecule has 0 unspecified atom stereocenters. The summed E-state index contributed by atoms with van der Waals surface area (Å²) in [5.74, 6) is 1.46. The van der Waals surface area contributed by atoms with Crippen molar-refractivity contribution in [1.29, 1.82) is 0 Å². The predicted molar refractivity (Wildman–Crippen MR) is 110 cm³/mol. The van der Waals surface area contributed by atoms with Crippen molar-refractivity contribution in [1.82, 2.24) is 20.2 Å². The highest BCUT2D eigenvalue weighted by molar-refractivity contribution is 6.04. The third-order valence-electron chi connectivity index (χ3n) is 5.18. The van der Waals surface area contributed by atoms with Gasteiger partial charge in [-0.1, -0.05) is 37.3 Å². The standard InChI is InChI=1S/C21H24N6O/c1-5-16-21(28)26(4)17-12-22-19(24-20(17)27(16)13(2)3)15-11-23-25-18(15)14-9-7-6-8-10-14/h6-13,16H,5H2,1-4H3,(H,23,25)/t16-/m1/s1. The molecule has 4 rings (SSSR count). The number of fused-ring (bicyclic) bond motifs is 1. The Kier molecular flexibility index (Phi) is 4.58. The van der Waals surface area contributed by atoms with Gasteiger partial charge in [-0.2, -0.15) is 5.10 Å². The zero-order chi connectivity index (χ0) is 19.8. The van der Waals surface area contributed by atoms with Crippen LogP contribution in [0.1, 0.15) is 27.2 Å². The summed E-state index contributed by atoms with van der Waals surface area (Å²) >= 11 is 0. The summed E-state index contributed by atoms with van der Waals surface area (Å²) in [6, 6.07) is 9.88. The van der Waals surface area contributed by atoms with Gasteiger partial charge in [-0.25, -0.2) is 9.97 Å². The summed E-state index contributed by atoms with van der Waals surface area (Å²) in [4.78, 5) is 26.0. The molecule has 0 fully saturated rings. The Morgan fingerprint density at radius 1 is 1.21 bits per heavy atom. The molecule has 1 aliphatic rings. The van der Waals surface area contributed by atoms with Gasteiger partial charge in [-0.15, -0.1) is 0 Å². The predicted octanol–water partition coefficient (Wildman–Crippen LogP) is 3.50. The molecule has 0 bridgehead atoms. The number of likely N-dealkylation sites (N-methyl/N-ethyl adjacent to an activating group) is 1. The van der Waals surface area contributed by atoms with Gasteiger partial charge in [0.05, 0.1) is 11.8 Å². The van der Waals surface area contributed by atoms with E-state index in [1.165, 1.54) is 0 Å². The van der Waals surface area contributed by atoms with E-state index in [1.807, 2.05) is 43.5 Å². The number of hydrogen-bond acceptors (Lipinski definition) is 5. The van der Waals surface area contributed by atoms with E-state index >= 15 is 0 Å². The molecule has 1 aromatic carbocycles. The smallest absolute Gasteiger partial charge is 0.249 e. The first-order valence-corrected chi connectivity index (χ1v) is 9.55. The Balaban J connectivity index is 1.85. The molecule has 0 saturated heterocycles. The fourth-order valence-corrected chi connectivity index (χ4v) is 3.78. The molecule has 7 heteroatoms. The van der Waals surface area contributed by atoms with Crippen molar-refractivity contribution in [2.24, 2.45) is 0 Å². The van der Waals surface area contributed by atoms with Crippen LogP contribution >= 0.6 is 0 Å². The average molecular weight is 376 g/mol. The van der Waals surface area contributed by atoms with Gasteiger partial charge in [-0.05, 0) is 20.3 Å². The Morgan fingerprint density at radius 3 is 2.64 bits per heavy atom. The third-order valence-corrected chi connectivity index (χ3v) is 5.18. The van der Waals surface area contributed by atoms with Crippen LogP contribution in [0.2, 0.25) is 0 Å². The highest BCUT2D eigenvalue weighted by Gasteiger charge is 2.38. The fraction of sp³-hybridized carbons (Fsp3) is 0.333. The van der Waals surface area contributed by atoms with Crippen LogP contribution in [-0.4, -0.2) is 45.2 Å². The van der Waals surface area contributed by atoms with Crippen LogP contribution in [0.25, 0.3) is 22.6 Å². The summed E-state index contributed by atoms with van der Waals surface area (Å²) in [6.45, 7) is 6.20. The van der Waals surface area contributed by atoms with E-state index in [0.29, 0.717) is 5.82 Å². The Bertz CT molecular complexity index is 997. The van der Waals surface area contributed by atoms with Gasteiger partial charge in [0.2, 0.25) is 5.91 Å². The summed E-state index contributed by atoms with van der Waals surface area (Å²) in [6.07, 6.45) is 4.28. The number of amides is 1. The average Bonchev–Trinajstić information content (AvgIpc) is 3.20. The van der Waals surface area contributed by atoms with E-state index in [4.69, 9.17) is 4.98 Å². The Labute approximate surface area is 164 Å². The normalized spacial score (nSPS) is 16.6. The Morgan fingerprint density at radius 2 is 1.96 bits per heavy atom. The molecule has 1 atom stereocenters. The van der Waals surface area contributed by atoms with E-state index in [2.05, 4.69) is 33.9 Å². The number of benzene rings is 1. The van der Waals surface area contributed by atoms with Crippen molar-refractivity contribution < 1.29 is 4.79 Å². The van der Waals surface area contributed by atoms with Crippen molar-refractivity contribution in [2.75, 3.05) is 16.8 Å². The number of nitrogens with one attached hydrogen (secondary N) is 1. The van der Waals surface area contributed by atoms with Crippen LogP contribution in [0.4, 0.5) is 11.5 Å². The van der Waals surface area contributed by atoms with Crippen LogP contribution < -0.4 is 9.80 Å². The van der Waals surface area contributed by atoms with E-state index < -0.39 is 0 Å². The largest absolute Gasteiger partial charge is 0.340 e. The van der Waals surface area contributed by atoms with Gasteiger partial charge < -0.3 is 9.80 Å². The first-order chi connectivity index (χ1) is 13.5. The lowest BCUT2D eigenvalue weighted by molar-refractivity contribution is -0.120. The maximum atomic E-state index is 12.8. The van der Waals surface area contributed by atoms with E-state index in [9.17, 15) is 4.79 Å². The van der Waals surface area contributed by atoms with Crippen LogP contribution in [0, 0.1) is 0 Å². The Hall–Kier alpha value is -3.22. The SMILES string of the molecule is CC[C@@H]1C(=O)N(C)c2cnc(-c3c[nH]nc3-c3ccccc3)nc2N1C(C)C. The van der Waals surface area contributed by atoms with Crippen molar-refractivity contribution in [3.05, 3.63) is 42.7 Å². The lowest BCUT2D eigenvalue weighted by Gasteiger charge is -2.42. The zero-order valence-electron chi connectivity index (χ0n) is 16.5. The molecule has 0 aliphatic carbocycles. The molecule has 1 N–H and O–H groups in total. The second-order valence-corrected chi connectivity index (χ2v) is 7.24. The van der Waals surface area contributed by atoms with Crippen molar-refractivity contribution in [3.63, 3.8) is 0 Å². The zero-order valence-corrected chi connectivity index (χ0v) is 16.5. The third kappa shape index (κ3) is 2.83. The minimum Gasteiger partial charge on any atom is -0.340 e. The molecule has 0 saturated carbocycles. The molecule has 28 heavy (non-hydrogen) atoms. The quantitative estimate of drug-likeness (QED) is 0.754. The van der Waals surface area contributed by atoms with Gasteiger partial charge in [0.25, 0.3) is 0 Å². The molecule has 2 aromatic heterocycles. The van der Waals surface area contributed by atoms with Crippen molar-refractivity contribution >= 4 is 17.4 Å². The summed E-state index contributed by atoms with van der Waals surface area (Å²) in [5.41, 5.74) is 3.38. The van der Waals surface area contributed by atoms with Gasteiger partial charge in [0, 0.05) is 24.8 Å². The number of nitrogens with zero attached hydrogens (tertiary/aromatic N) is 5. The van der Waals surface area contributed by atoms with Gasteiger partial charge in [0.15, 0.2) is 11.6 Å². The van der Waals surface area contributed by atoms with Crippen LogP contribution in [0.5, 0.6) is 0 Å². The van der Waals surface area contributed by atoms with E-state index in [-0.39, 0.29) is 18.0 Å². The minimum absolute atomic E-state index is 0.0772. The highest BCUT2D eigenvalue weighted by Crippen LogP contribution is 2.37. The lowest BCUT2D eigenvalue weighted by atomic mass is 10.0. The van der Waals surface area contributed by atoms with Gasteiger partial charge in [0.1, 0.15) is 17.4 Å². The molecular weight excluding hydrogens is 352 g/mol. The summed E-state index contributed by atoms with van der Waals surface area (Å²) in [7, 11) is 1.79. The number of carbonyl (C=O) groups is 1. The molecular formula is C21H24N6O. The van der Waals surface area contributed by atoms with Gasteiger partial charge >= 0.3 is 0 Å². The first kappa shape index (κ1) is 18.2. The monoisotopic (exact) mass is 376 g/mol. The molecule has 144 valence electrons. The topological polar surface area (TPSA) is 78.0 Å². The maximum absolute atomic E-state index is 12.8. The molecule has 1 amide bonds.